The van der Waals surface area contributed by atoms with Gasteiger partial charge in [0.25, 0.3) is 0 Å². The first-order valence-electron chi connectivity index (χ1n) is 7.62. The lowest BCUT2D eigenvalue weighted by Crippen LogP contribution is -2.17. The predicted molar refractivity (Wildman–Crippen MR) is 88.7 cm³/mol. The van der Waals surface area contributed by atoms with Crippen molar-refractivity contribution in [3.8, 4) is 5.75 Å². The monoisotopic (exact) mass is 402 g/mol. The molecule has 0 fully saturated rings. The predicted octanol–water partition coefficient (Wildman–Crippen LogP) is 5.61. The molecule has 0 saturated carbocycles. The van der Waals surface area contributed by atoms with Crippen LogP contribution in [0, 0.1) is 5.82 Å². The SMILES string of the molecule is O=C(O)c1cc2cc(F)c(CCc3ccc(OC(F)(F)F)c(Cl)c3)cc2o1. The highest BCUT2D eigenvalue weighted by Crippen LogP contribution is 2.31. The quantitative estimate of drug-likeness (QED) is 0.564. The molecule has 0 bridgehead atoms. The van der Waals surface area contributed by atoms with Crippen LogP contribution in [0.25, 0.3) is 11.0 Å². The number of carboxylic acids is 1. The average molecular weight is 403 g/mol. The molecule has 142 valence electrons. The van der Waals surface area contributed by atoms with Crippen LogP contribution in [-0.4, -0.2) is 17.4 Å². The first-order valence-corrected chi connectivity index (χ1v) is 7.99. The van der Waals surface area contributed by atoms with Crippen molar-refractivity contribution in [3.05, 3.63) is 64.1 Å². The highest BCUT2D eigenvalue weighted by atomic mass is 35.5. The van der Waals surface area contributed by atoms with Gasteiger partial charge < -0.3 is 14.3 Å². The molecule has 0 atom stereocenters. The maximum absolute atomic E-state index is 14.2. The number of furan rings is 1. The Balaban J connectivity index is 1.77. The van der Waals surface area contributed by atoms with E-state index in [1.54, 1.807) is 0 Å². The van der Waals surface area contributed by atoms with Gasteiger partial charge in [0.1, 0.15) is 17.1 Å². The third-order valence-electron chi connectivity index (χ3n) is 3.80. The Kier molecular flexibility index (Phi) is 5.01. The third-order valence-corrected chi connectivity index (χ3v) is 4.10. The van der Waals surface area contributed by atoms with E-state index < -0.39 is 23.9 Å². The molecular formula is C18H11ClF4O4. The molecule has 1 heterocycles. The molecule has 0 aliphatic heterocycles. The molecule has 9 heteroatoms. The second-order valence-electron chi connectivity index (χ2n) is 5.71. The van der Waals surface area contributed by atoms with Crippen molar-refractivity contribution in [1.29, 1.82) is 0 Å². The van der Waals surface area contributed by atoms with Crippen molar-refractivity contribution in [2.24, 2.45) is 0 Å². The summed E-state index contributed by atoms with van der Waals surface area (Å²) in [6, 6.07) is 7.61. The Morgan fingerprint density at radius 3 is 2.52 bits per heavy atom. The van der Waals surface area contributed by atoms with Gasteiger partial charge in [-0.2, -0.15) is 0 Å². The topological polar surface area (TPSA) is 59.7 Å². The van der Waals surface area contributed by atoms with Crippen molar-refractivity contribution >= 4 is 28.5 Å². The first-order chi connectivity index (χ1) is 12.6. The van der Waals surface area contributed by atoms with Gasteiger partial charge in [-0.3, -0.25) is 0 Å². The number of hydrogen-bond donors (Lipinski definition) is 1. The zero-order valence-electron chi connectivity index (χ0n) is 13.4. The van der Waals surface area contributed by atoms with Crippen molar-refractivity contribution in [2.75, 3.05) is 0 Å². The Morgan fingerprint density at radius 2 is 1.89 bits per heavy atom. The second-order valence-corrected chi connectivity index (χ2v) is 6.12. The number of benzene rings is 2. The lowest BCUT2D eigenvalue weighted by Gasteiger charge is -2.11. The van der Waals surface area contributed by atoms with Gasteiger partial charge in [-0.25, -0.2) is 9.18 Å². The van der Waals surface area contributed by atoms with Gasteiger partial charge in [-0.05, 0) is 54.3 Å². The van der Waals surface area contributed by atoms with Gasteiger partial charge in [0.15, 0.2) is 0 Å². The minimum atomic E-state index is -4.85. The van der Waals surface area contributed by atoms with Crippen molar-refractivity contribution < 1.29 is 36.6 Å². The summed E-state index contributed by atoms with van der Waals surface area (Å²) in [4.78, 5) is 10.9. The summed E-state index contributed by atoms with van der Waals surface area (Å²) in [7, 11) is 0. The van der Waals surface area contributed by atoms with Gasteiger partial charge in [-0.15, -0.1) is 13.2 Å². The van der Waals surface area contributed by atoms with Crippen molar-refractivity contribution in [3.63, 3.8) is 0 Å². The molecule has 0 aliphatic rings. The van der Waals surface area contributed by atoms with E-state index in [0.717, 1.165) is 6.07 Å². The minimum absolute atomic E-state index is 0.209. The molecule has 0 saturated heterocycles. The summed E-state index contributed by atoms with van der Waals surface area (Å²) in [5.41, 5.74) is 1.09. The zero-order chi connectivity index (χ0) is 19.8. The number of ether oxygens (including phenoxy) is 1. The molecule has 3 aromatic rings. The molecule has 3 rings (SSSR count). The number of aryl methyl sites for hydroxylation is 2. The van der Waals surface area contributed by atoms with E-state index in [4.69, 9.17) is 21.1 Å². The van der Waals surface area contributed by atoms with Crippen LogP contribution in [0.1, 0.15) is 21.7 Å². The first kappa shape index (κ1) is 19.0. The van der Waals surface area contributed by atoms with Crippen LogP contribution in [0.15, 0.2) is 40.8 Å². The van der Waals surface area contributed by atoms with Crippen molar-refractivity contribution in [2.45, 2.75) is 19.2 Å². The molecule has 27 heavy (non-hydrogen) atoms. The number of rotatable bonds is 5. The summed E-state index contributed by atoms with van der Waals surface area (Å²) >= 11 is 5.79. The number of halogens is 5. The van der Waals surface area contributed by atoms with Gasteiger partial charge in [0, 0.05) is 5.39 Å². The van der Waals surface area contributed by atoms with Crippen molar-refractivity contribution in [1.82, 2.24) is 0 Å². The van der Waals surface area contributed by atoms with E-state index in [0.29, 0.717) is 17.4 Å². The van der Waals surface area contributed by atoms with E-state index in [9.17, 15) is 22.4 Å². The highest BCUT2D eigenvalue weighted by molar-refractivity contribution is 6.32. The maximum Gasteiger partial charge on any atom is 0.573 e. The van der Waals surface area contributed by atoms with Crippen LogP contribution < -0.4 is 4.74 Å². The fraction of sp³-hybridized carbons (Fsp3) is 0.167. The molecule has 1 N–H and O–H groups in total. The summed E-state index contributed by atoms with van der Waals surface area (Å²) < 4.78 is 59.9. The van der Waals surface area contributed by atoms with E-state index >= 15 is 0 Å². The number of carboxylic acid groups (broad SMARTS) is 1. The van der Waals surface area contributed by atoms with Gasteiger partial charge in [0.05, 0.1) is 5.02 Å². The summed E-state index contributed by atoms with van der Waals surface area (Å²) in [5.74, 6) is -2.61. The number of fused-ring (bicyclic) bond motifs is 1. The van der Waals surface area contributed by atoms with Crippen LogP contribution in [0.4, 0.5) is 17.6 Å². The van der Waals surface area contributed by atoms with Gasteiger partial charge in [0.2, 0.25) is 5.76 Å². The zero-order valence-corrected chi connectivity index (χ0v) is 14.2. The molecule has 0 aliphatic carbocycles. The Bertz CT molecular complexity index is 1010. The normalized spacial score (nSPS) is 11.7. The van der Waals surface area contributed by atoms with Crippen LogP contribution >= 0.6 is 11.6 Å². The largest absolute Gasteiger partial charge is 0.573 e. The van der Waals surface area contributed by atoms with Gasteiger partial charge >= 0.3 is 12.3 Å². The minimum Gasteiger partial charge on any atom is -0.475 e. The van der Waals surface area contributed by atoms with Crippen LogP contribution in [-0.2, 0) is 12.8 Å². The Morgan fingerprint density at radius 1 is 1.15 bits per heavy atom. The highest BCUT2D eigenvalue weighted by Gasteiger charge is 2.32. The smallest absolute Gasteiger partial charge is 0.475 e. The fourth-order valence-electron chi connectivity index (χ4n) is 2.58. The summed E-state index contributed by atoms with van der Waals surface area (Å²) in [6.07, 6.45) is -4.34. The third kappa shape index (κ3) is 4.51. The summed E-state index contributed by atoms with van der Waals surface area (Å²) in [5, 5.41) is 9.03. The Labute approximate surface area is 154 Å². The Hall–Kier alpha value is -2.74. The van der Waals surface area contributed by atoms with Crippen LogP contribution in [0.2, 0.25) is 5.02 Å². The molecule has 0 amide bonds. The molecule has 2 aromatic carbocycles. The number of aromatic carboxylic acids is 1. The average Bonchev–Trinajstić information content (AvgIpc) is 2.97. The molecule has 0 spiro atoms. The standard InChI is InChI=1S/C18H11ClF4O4/c19-12-5-9(2-4-14(12)27-18(21,22)23)1-3-10-7-15-11(6-13(10)20)8-16(26-15)17(24)25/h2,4-8H,1,3H2,(H,24,25). The summed E-state index contributed by atoms with van der Waals surface area (Å²) in [6.45, 7) is 0. The molecule has 0 radical (unpaired) electrons. The van der Waals surface area contributed by atoms with E-state index in [1.807, 2.05) is 0 Å². The molecule has 4 nitrogen and oxygen atoms in total. The molecular weight excluding hydrogens is 392 g/mol. The lowest BCUT2D eigenvalue weighted by atomic mass is 10.0. The second kappa shape index (κ2) is 7.11. The molecule has 0 unspecified atom stereocenters. The van der Waals surface area contributed by atoms with Gasteiger partial charge in [-0.1, -0.05) is 17.7 Å². The number of carbonyl (C=O) groups is 1. The number of alkyl halides is 3. The number of hydrogen-bond acceptors (Lipinski definition) is 3. The van der Waals surface area contributed by atoms with E-state index in [1.165, 1.54) is 30.3 Å². The van der Waals surface area contributed by atoms with Crippen LogP contribution in [0.5, 0.6) is 5.75 Å². The van der Waals surface area contributed by atoms with E-state index in [-0.39, 0.29) is 28.4 Å². The lowest BCUT2D eigenvalue weighted by molar-refractivity contribution is -0.274. The fourth-order valence-corrected chi connectivity index (χ4v) is 2.83. The maximum atomic E-state index is 14.2. The molecule has 1 aromatic heterocycles. The van der Waals surface area contributed by atoms with E-state index in [2.05, 4.69) is 4.74 Å². The van der Waals surface area contributed by atoms with Crippen LogP contribution in [0.3, 0.4) is 0 Å².